The third kappa shape index (κ3) is 3.37. The van der Waals surface area contributed by atoms with Gasteiger partial charge in [-0.3, -0.25) is 9.89 Å². The molecule has 0 saturated carbocycles. The number of Topliss-reactive ketones (excluding diaryl/α,β-unsaturated/α-hetero) is 1. The molecule has 0 aliphatic carbocycles. The van der Waals surface area contributed by atoms with E-state index >= 15 is 0 Å². The summed E-state index contributed by atoms with van der Waals surface area (Å²) >= 11 is 0. The number of halogens is 1. The summed E-state index contributed by atoms with van der Waals surface area (Å²) in [7, 11) is 1.50. The Kier molecular flexibility index (Phi) is 4.90. The van der Waals surface area contributed by atoms with E-state index in [0.29, 0.717) is 28.1 Å². The molecule has 0 fully saturated rings. The van der Waals surface area contributed by atoms with Crippen LogP contribution in [0.4, 0.5) is 4.39 Å². The second kappa shape index (κ2) is 7.45. The Bertz CT molecular complexity index is 1030. The Labute approximate surface area is 149 Å². The molecule has 0 amide bonds. The Morgan fingerprint density at radius 2 is 2.08 bits per heavy atom. The van der Waals surface area contributed by atoms with Crippen molar-refractivity contribution in [1.82, 2.24) is 10.2 Å². The van der Waals surface area contributed by atoms with E-state index < -0.39 is 11.6 Å². The van der Waals surface area contributed by atoms with Crippen LogP contribution in [0.3, 0.4) is 0 Å². The summed E-state index contributed by atoms with van der Waals surface area (Å²) in [6.07, 6.45) is 2.84. The van der Waals surface area contributed by atoms with E-state index in [9.17, 15) is 14.4 Å². The minimum atomic E-state index is -0.452. The molecular weight excluding hydrogens is 333 g/mol. The van der Waals surface area contributed by atoms with Gasteiger partial charge in [0, 0.05) is 16.7 Å². The van der Waals surface area contributed by atoms with Crippen molar-refractivity contribution in [3.63, 3.8) is 0 Å². The molecule has 0 spiro atoms. The van der Waals surface area contributed by atoms with Crippen LogP contribution in [-0.2, 0) is 0 Å². The van der Waals surface area contributed by atoms with Gasteiger partial charge < -0.3 is 4.74 Å². The van der Waals surface area contributed by atoms with Gasteiger partial charge in [0.2, 0.25) is 5.78 Å². The highest BCUT2D eigenvalue weighted by Crippen LogP contribution is 2.26. The molecule has 0 radical (unpaired) electrons. The second-order valence-corrected chi connectivity index (χ2v) is 5.41. The van der Waals surface area contributed by atoms with Crippen LogP contribution in [0, 0.1) is 17.1 Å². The SMILES string of the molecule is COc1cccc(C(=O)C(C#N)=Cc2cn[nH]c2-c2ccccc2F)c1. The fourth-order valence-corrected chi connectivity index (χ4v) is 2.51. The molecule has 0 bridgehead atoms. The van der Waals surface area contributed by atoms with Gasteiger partial charge in [-0.15, -0.1) is 0 Å². The van der Waals surface area contributed by atoms with E-state index in [1.165, 1.54) is 25.4 Å². The maximum absolute atomic E-state index is 14.0. The highest BCUT2D eigenvalue weighted by molar-refractivity contribution is 6.14. The van der Waals surface area contributed by atoms with Gasteiger partial charge >= 0.3 is 0 Å². The van der Waals surface area contributed by atoms with Crippen LogP contribution in [-0.4, -0.2) is 23.1 Å². The van der Waals surface area contributed by atoms with E-state index in [1.54, 1.807) is 42.5 Å². The van der Waals surface area contributed by atoms with Gasteiger partial charge in [0.05, 0.1) is 19.0 Å². The second-order valence-electron chi connectivity index (χ2n) is 5.41. The quantitative estimate of drug-likeness (QED) is 0.430. The number of methoxy groups -OCH3 is 1. The normalized spacial score (nSPS) is 11.0. The van der Waals surface area contributed by atoms with Gasteiger partial charge in [0.25, 0.3) is 0 Å². The lowest BCUT2D eigenvalue weighted by molar-refractivity contribution is 0.103. The number of ether oxygens (including phenoxy) is 1. The smallest absolute Gasteiger partial charge is 0.203 e. The summed E-state index contributed by atoms with van der Waals surface area (Å²) in [6.45, 7) is 0. The maximum Gasteiger partial charge on any atom is 0.203 e. The summed E-state index contributed by atoms with van der Waals surface area (Å²) in [4.78, 5) is 12.6. The van der Waals surface area contributed by atoms with Crippen LogP contribution in [0.2, 0.25) is 0 Å². The summed E-state index contributed by atoms with van der Waals surface area (Å²) in [5.41, 5.74) is 1.39. The molecule has 1 heterocycles. The molecule has 5 nitrogen and oxygen atoms in total. The monoisotopic (exact) mass is 347 g/mol. The van der Waals surface area contributed by atoms with Gasteiger partial charge in [-0.05, 0) is 30.3 Å². The first kappa shape index (κ1) is 17.1. The van der Waals surface area contributed by atoms with Crippen molar-refractivity contribution in [3.05, 3.63) is 77.2 Å². The number of carbonyl (C=O) groups excluding carboxylic acids is 1. The van der Waals surface area contributed by atoms with Gasteiger partial charge in [-0.2, -0.15) is 10.4 Å². The van der Waals surface area contributed by atoms with Crippen molar-refractivity contribution >= 4 is 11.9 Å². The summed E-state index contributed by atoms with van der Waals surface area (Å²) in [5.74, 6) is -0.361. The van der Waals surface area contributed by atoms with Gasteiger partial charge in [-0.1, -0.05) is 24.3 Å². The third-order valence-electron chi connectivity index (χ3n) is 3.81. The number of nitrogens with one attached hydrogen (secondary N) is 1. The predicted molar refractivity (Wildman–Crippen MR) is 94.9 cm³/mol. The number of benzene rings is 2. The average molecular weight is 347 g/mol. The van der Waals surface area contributed by atoms with E-state index in [2.05, 4.69) is 10.2 Å². The highest BCUT2D eigenvalue weighted by atomic mass is 19.1. The van der Waals surface area contributed by atoms with Crippen LogP contribution in [0.25, 0.3) is 17.3 Å². The Morgan fingerprint density at radius 1 is 1.27 bits per heavy atom. The Balaban J connectivity index is 2.01. The minimum Gasteiger partial charge on any atom is -0.497 e. The first-order valence-electron chi connectivity index (χ1n) is 7.73. The average Bonchev–Trinajstić information content (AvgIpc) is 3.14. The number of nitrogens with zero attached hydrogens (tertiary/aromatic N) is 2. The zero-order valence-corrected chi connectivity index (χ0v) is 13.9. The van der Waals surface area contributed by atoms with E-state index in [4.69, 9.17) is 4.74 Å². The lowest BCUT2D eigenvalue weighted by Gasteiger charge is -2.04. The van der Waals surface area contributed by atoms with Gasteiger partial charge in [0.15, 0.2) is 0 Å². The van der Waals surface area contributed by atoms with Crippen LogP contribution in [0.5, 0.6) is 5.75 Å². The van der Waals surface area contributed by atoms with Crippen molar-refractivity contribution in [2.24, 2.45) is 0 Å². The molecular formula is C20H14FN3O2. The molecule has 0 aliphatic heterocycles. The summed E-state index contributed by atoms with van der Waals surface area (Å²) in [5, 5.41) is 16.0. The molecule has 0 unspecified atom stereocenters. The number of allylic oxidation sites excluding steroid dienone is 1. The van der Waals surface area contributed by atoms with E-state index in [-0.39, 0.29) is 5.57 Å². The minimum absolute atomic E-state index is 0.0859. The first-order valence-corrected chi connectivity index (χ1v) is 7.73. The van der Waals surface area contributed by atoms with Gasteiger partial charge in [0.1, 0.15) is 23.2 Å². The number of ketones is 1. The fourth-order valence-electron chi connectivity index (χ4n) is 2.51. The molecule has 128 valence electrons. The number of hydrogen-bond acceptors (Lipinski definition) is 4. The Hall–Kier alpha value is -3.72. The Morgan fingerprint density at radius 3 is 2.81 bits per heavy atom. The summed E-state index contributed by atoms with van der Waals surface area (Å²) in [6, 6.07) is 14.6. The fraction of sp³-hybridized carbons (Fsp3) is 0.0500. The predicted octanol–water partition coefficient (Wildman–Crippen LogP) is 4.01. The van der Waals surface area contributed by atoms with Crippen molar-refractivity contribution in [2.75, 3.05) is 7.11 Å². The lowest BCUT2D eigenvalue weighted by Crippen LogP contribution is -2.02. The van der Waals surface area contributed by atoms with Crippen molar-refractivity contribution < 1.29 is 13.9 Å². The number of carbonyl (C=O) groups is 1. The number of nitriles is 1. The largest absolute Gasteiger partial charge is 0.497 e. The molecule has 1 aromatic heterocycles. The van der Waals surface area contributed by atoms with E-state index in [1.807, 2.05) is 6.07 Å². The molecule has 2 aromatic carbocycles. The van der Waals surface area contributed by atoms with E-state index in [0.717, 1.165) is 0 Å². The molecule has 0 aliphatic rings. The van der Waals surface area contributed by atoms with Crippen LogP contribution < -0.4 is 4.74 Å². The highest BCUT2D eigenvalue weighted by Gasteiger charge is 2.16. The topological polar surface area (TPSA) is 78.8 Å². The molecule has 26 heavy (non-hydrogen) atoms. The van der Waals surface area contributed by atoms with Crippen LogP contribution in [0.1, 0.15) is 15.9 Å². The van der Waals surface area contributed by atoms with Crippen molar-refractivity contribution in [1.29, 1.82) is 5.26 Å². The number of aromatic amines is 1. The van der Waals surface area contributed by atoms with Crippen molar-refractivity contribution in [2.45, 2.75) is 0 Å². The zero-order valence-electron chi connectivity index (χ0n) is 13.9. The molecule has 1 N–H and O–H groups in total. The number of rotatable bonds is 5. The first-order chi connectivity index (χ1) is 12.6. The number of aromatic nitrogens is 2. The van der Waals surface area contributed by atoms with Gasteiger partial charge in [-0.25, -0.2) is 4.39 Å². The number of H-pyrrole nitrogens is 1. The zero-order chi connectivity index (χ0) is 18.5. The summed E-state index contributed by atoms with van der Waals surface area (Å²) < 4.78 is 19.1. The lowest BCUT2D eigenvalue weighted by atomic mass is 10.0. The van der Waals surface area contributed by atoms with Crippen molar-refractivity contribution in [3.8, 4) is 23.1 Å². The molecule has 3 aromatic rings. The standard InChI is InChI=1S/C20H14FN3O2/c1-26-16-6-4-5-13(10-16)20(25)14(11-22)9-15-12-23-24-19(15)17-7-2-3-8-18(17)21/h2-10,12H,1H3,(H,23,24). The van der Waals surface area contributed by atoms with Crippen LogP contribution >= 0.6 is 0 Å². The molecule has 0 saturated heterocycles. The third-order valence-corrected chi connectivity index (χ3v) is 3.81. The molecule has 0 atom stereocenters. The maximum atomic E-state index is 14.0. The number of hydrogen-bond donors (Lipinski definition) is 1. The van der Waals surface area contributed by atoms with Crippen LogP contribution in [0.15, 0.2) is 60.3 Å². The molecule has 6 heteroatoms. The molecule has 3 rings (SSSR count).